The maximum absolute atomic E-state index is 9.28. The average Bonchev–Trinajstić information content (AvgIpc) is 2.18. The Bertz CT molecular complexity index is 135. The van der Waals surface area contributed by atoms with E-state index in [0.29, 0.717) is 5.92 Å². The highest BCUT2D eigenvalue weighted by Crippen LogP contribution is 2.27. The van der Waals surface area contributed by atoms with Crippen molar-refractivity contribution < 1.29 is 10.2 Å². The SMILES string of the molecule is N[C@@H](CC1CCCCC1)[C@@H](O)CO. The molecule has 0 spiro atoms. The summed E-state index contributed by atoms with van der Waals surface area (Å²) in [6.45, 7) is -0.214. The van der Waals surface area contributed by atoms with E-state index < -0.39 is 6.10 Å². The summed E-state index contributed by atoms with van der Waals surface area (Å²) in [7, 11) is 0. The predicted molar refractivity (Wildman–Crippen MR) is 52.3 cm³/mol. The van der Waals surface area contributed by atoms with E-state index in [9.17, 15) is 5.11 Å². The third-order valence-electron chi connectivity index (χ3n) is 3.01. The molecule has 0 amide bonds. The van der Waals surface area contributed by atoms with Crippen LogP contribution in [-0.2, 0) is 0 Å². The van der Waals surface area contributed by atoms with Crippen molar-refractivity contribution in [3.05, 3.63) is 0 Å². The Hall–Kier alpha value is -0.120. The van der Waals surface area contributed by atoms with Gasteiger partial charge in [0.2, 0.25) is 0 Å². The van der Waals surface area contributed by atoms with Crippen molar-refractivity contribution in [1.29, 1.82) is 0 Å². The summed E-state index contributed by atoms with van der Waals surface area (Å²) < 4.78 is 0. The molecule has 0 saturated heterocycles. The molecule has 1 aliphatic rings. The molecule has 0 radical (unpaired) electrons. The molecule has 13 heavy (non-hydrogen) atoms. The second kappa shape index (κ2) is 5.58. The molecular formula is C10H21NO2. The minimum Gasteiger partial charge on any atom is -0.394 e. The molecule has 0 aromatic heterocycles. The first-order chi connectivity index (χ1) is 6.24. The van der Waals surface area contributed by atoms with Crippen molar-refractivity contribution >= 4 is 0 Å². The fraction of sp³-hybridized carbons (Fsp3) is 1.00. The van der Waals surface area contributed by atoms with Gasteiger partial charge in [-0.25, -0.2) is 0 Å². The van der Waals surface area contributed by atoms with Gasteiger partial charge in [-0.15, -0.1) is 0 Å². The van der Waals surface area contributed by atoms with Crippen LogP contribution < -0.4 is 5.73 Å². The van der Waals surface area contributed by atoms with Gasteiger partial charge < -0.3 is 15.9 Å². The molecule has 3 heteroatoms. The molecule has 0 aromatic carbocycles. The maximum Gasteiger partial charge on any atom is 0.0921 e. The molecule has 1 aliphatic carbocycles. The summed E-state index contributed by atoms with van der Waals surface area (Å²) in [6.07, 6.45) is 6.55. The Morgan fingerprint density at radius 3 is 2.38 bits per heavy atom. The molecule has 1 rings (SSSR count). The van der Waals surface area contributed by atoms with Crippen LogP contribution in [0, 0.1) is 5.92 Å². The minimum absolute atomic E-state index is 0.214. The van der Waals surface area contributed by atoms with Crippen molar-refractivity contribution in [2.24, 2.45) is 11.7 Å². The molecule has 0 unspecified atom stereocenters. The summed E-state index contributed by atoms with van der Waals surface area (Å²) >= 11 is 0. The van der Waals surface area contributed by atoms with E-state index >= 15 is 0 Å². The minimum atomic E-state index is -0.734. The van der Waals surface area contributed by atoms with Crippen LogP contribution >= 0.6 is 0 Å². The largest absolute Gasteiger partial charge is 0.394 e. The summed E-state index contributed by atoms with van der Waals surface area (Å²) in [4.78, 5) is 0. The van der Waals surface area contributed by atoms with E-state index in [1.165, 1.54) is 32.1 Å². The lowest BCUT2D eigenvalue weighted by atomic mass is 9.84. The topological polar surface area (TPSA) is 66.5 Å². The Balaban J connectivity index is 2.21. The van der Waals surface area contributed by atoms with Crippen LogP contribution in [0.3, 0.4) is 0 Å². The van der Waals surface area contributed by atoms with Crippen LogP contribution in [0.5, 0.6) is 0 Å². The smallest absolute Gasteiger partial charge is 0.0921 e. The van der Waals surface area contributed by atoms with Crippen LogP contribution in [0.1, 0.15) is 38.5 Å². The highest BCUT2D eigenvalue weighted by molar-refractivity contribution is 4.76. The van der Waals surface area contributed by atoms with E-state index in [-0.39, 0.29) is 12.6 Å². The van der Waals surface area contributed by atoms with Crippen LogP contribution in [0.25, 0.3) is 0 Å². The third kappa shape index (κ3) is 3.63. The van der Waals surface area contributed by atoms with Crippen molar-refractivity contribution in [3.8, 4) is 0 Å². The molecular weight excluding hydrogens is 166 g/mol. The number of hydrogen-bond acceptors (Lipinski definition) is 3. The molecule has 1 fully saturated rings. The lowest BCUT2D eigenvalue weighted by Gasteiger charge is -2.26. The zero-order chi connectivity index (χ0) is 9.68. The van der Waals surface area contributed by atoms with Gasteiger partial charge in [0, 0.05) is 6.04 Å². The zero-order valence-corrected chi connectivity index (χ0v) is 8.15. The maximum atomic E-state index is 9.28. The van der Waals surface area contributed by atoms with Crippen molar-refractivity contribution in [3.63, 3.8) is 0 Å². The van der Waals surface area contributed by atoms with Crippen LogP contribution in [-0.4, -0.2) is 29.0 Å². The molecule has 0 bridgehead atoms. The van der Waals surface area contributed by atoms with Crippen LogP contribution in [0.2, 0.25) is 0 Å². The summed E-state index contributed by atoms with van der Waals surface area (Å²) in [6, 6.07) is -0.243. The zero-order valence-electron chi connectivity index (χ0n) is 8.15. The highest BCUT2D eigenvalue weighted by Gasteiger charge is 2.20. The fourth-order valence-corrected chi connectivity index (χ4v) is 2.10. The highest BCUT2D eigenvalue weighted by atomic mass is 16.3. The monoisotopic (exact) mass is 187 g/mol. The first-order valence-corrected chi connectivity index (χ1v) is 5.28. The Morgan fingerprint density at radius 2 is 1.85 bits per heavy atom. The molecule has 1 saturated carbocycles. The Kier molecular flexibility index (Phi) is 4.70. The quantitative estimate of drug-likeness (QED) is 0.605. The van der Waals surface area contributed by atoms with Gasteiger partial charge in [0.25, 0.3) is 0 Å². The number of aliphatic hydroxyl groups is 2. The first kappa shape index (κ1) is 11.0. The molecule has 3 nitrogen and oxygen atoms in total. The van der Waals surface area contributed by atoms with Crippen molar-refractivity contribution in [2.75, 3.05) is 6.61 Å². The number of nitrogens with two attached hydrogens (primary N) is 1. The van der Waals surface area contributed by atoms with E-state index in [1.807, 2.05) is 0 Å². The van der Waals surface area contributed by atoms with Crippen LogP contribution in [0.4, 0.5) is 0 Å². The van der Waals surface area contributed by atoms with Gasteiger partial charge in [-0.1, -0.05) is 32.1 Å². The van der Waals surface area contributed by atoms with Crippen molar-refractivity contribution in [2.45, 2.75) is 50.7 Å². The van der Waals surface area contributed by atoms with E-state index in [0.717, 1.165) is 6.42 Å². The molecule has 0 heterocycles. The molecule has 78 valence electrons. The van der Waals surface area contributed by atoms with Gasteiger partial charge >= 0.3 is 0 Å². The number of aliphatic hydroxyl groups excluding tert-OH is 2. The lowest BCUT2D eigenvalue weighted by Crippen LogP contribution is -2.39. The molecule has 4 N–H and O–H groups in total. The molecule has 0 aliphatic heterocycles. The summed E-state index contributed by atoms with van der Waals surface area (Å²) in [5, 5.41) is 18.0. The normalized spacial score (nSPS) is 24.2. The lowest BCUT2D eigenvalue weighted by molar-refractivity contribution is 0.0646. The summed E-state index contributed by atoms with van der Waals surface area (Å²) in [5.74, 6) is 0.671. The first-order valence-electron chi connectivity index (χ1n) is 5.28. The Morgan fingerprint density at radius 1 is 1.23 bits per heavy atom. The van der Waals surface area contributed by atoms with E-state index in [1.54, 1.807) is 0 Å². The second-order valence-electron chi connectivity index (χ2n) is 4.15. The van der Waals surface area contributed by atoms with Gasteiger partial charge in [-0.2, -0.15) is 0 Å². The van der Waals surface area contributed by atoms with Gasteiger partial charge in [0.1, 0.15) is 0 Å². The Labute approximate surface area is 79.9 Å². The van der Waals surface area contributed by atoms with Gasteiger partial charge in [-0.3, -0.25) is 0 Å². The fourth-order valence-electron chi connectivity index (χ4n) is 2.10. The molecule has 2 atom stereocenters. The second-order valence-corrected chi connectivity index (χ2v) is 4.15. The van der Waals surface area contributed by atoms with Gasteiger partial charge in [0.15, 0.2) is 0 Å². The van der Waals surface area contributed by atoms with Crippen LogP contribution in [0.15, 0.2) is 0 Å². The standard InChI is InChI=1S/C10H21NO2/c11-9(10(13)7-12)6-8-4-2-1-3-5-8/h8-10,12-13H,1-7,11H2/t9-,10-/m0/s1. The number of rotatable bonds is 4. The predicted octanol–water partition coefficient (Wildman–Crippen LogP) is 0.637. The van der Waals surface area contributed by atoms with E-state index in [2.05, 4.69) is 0 Å². The van der Waals surface area contributed by atoms with Crippen molar-refractivity contribution in [1.82, 2.24) is 0 Å². The number of hydrogen-bond donors (Lipinski definition) is 3. The van der Waals surface area contributed by atoms with Gasteiger partial charge in [-0.05, 0) is 12.3 Å². The van der Waals surface area contributed by atoms with Gasteiger partial charge in [0.05, 0.1) is 12.7 Å². The third-order valence-corrected chi connectivity index (χ3v) is 3.01. The average molecular weight is 187 g/mol. The molecule has 0 aromatic rings. The van der Waals surface area contributed by atoms with E-state index in [4.69, 9.17) is 10.8 Å². The summed E-state index contributed by atoms with van der Waals surface area (Å²) in [5.41, 5.74) is 5.75.